The number of aromatic nitrogens is 2. The predicted molar refractivity (Wildman–Crippen MR) is 76.3 cm³/mol. The van der Waals surface area contributed by atoms with Crippen molar-refractivity contribution in [2.45, 2.75) is 11.4 Å². The van der Waals surface area contributed by atoms with Crippen LogP contribution in [0.4, 0.5) is 10.1 Å². The summed E-state index contributed by atoms with van der Waals surface area (Å²) in [5, 5.41) is 4.09. The topological polar surface area (TPSA) is 73.2 Å². The standard InChI is InChI=1S/C12H13ClFN3O3S/c1-20-5-4-17-8-10(7-15-17)16-21(18,19)12-3-2-9(13)6-11(12)14/h2-3,6-8,16H,4-5H2,1H3. The highest BCUT2D eigenvalue weighted by molar-refractivity contribution is 7.92. The molecule has 0 bridgehead atoms. The number of benzene rings is 1. The van der Waals surface area contributed by atoms with E-state index in [9.17, 15) is 12.8 Å². The average molecular weight is 334 g/mol. The number of nitrogens with zero attached hydrogens (tertiary/aromatic N) is 2. The Bertz CT molecular complexity index is 733. The van der Waals surface area contributed by atoms with E-state index in [1.165, 1.54) is 23.1 Å². The van der Waals surface area contributed by atoms with E-state index in [2.05, 4.69) is 9.82 Å². The molecule has 0 aliphatic rings. The van der Waals surface area contributed by atoms with Crippen LogP contribution < -0.4 is 4.72 Å². The molecular weight excluding hydrogens is 321 g/mol. The van der Waals surface area contributed by atoms with E-state index in [1.807, 2.05) is 0 Å². The summed E-state index contributed by atoms with van der Waals surface area (Å²) in [5.41, 5.74) is 0.237. The summed E-state index contributed by atoms with van der Waals surface area (Å²) in [7, 11) is -2.48. The first-order valence-corrected chi connectivity index (χ1v) is 7.78. The van der Waals surface area contributed by atoms with Gasteiger partial charge in [0.25, 0.3) is 10.0 Å². The van der Waals surface area contributed by atoms with E-state index < -0.39 is 20.7 Å². The molecule has 1 N–H and O–H groups in total. The zero-order valence-electron chi connectivity index (χ0n) is 11.1. The molecular formula is C12H13ClFN3O3S. The van der Waals surface area contributed by atoms with Crippen LogP contribution in [0.25, 0.3) is 0 Å². The molecule has 21 heavy (non-hydrogen) atoms. The molecule has 1 aromatic carbocycles. The maximum Gasteiger partial charge on any atom is 0.264 e. The summed E-state index contributed by atoms with van der Waals surface area (Å²) in [6.45, 7) is 0.924. The van der Waals surface area contributed by atoms with Crippen LogP contribution in [-0.2, 0) is 21.3 Å². The second kappa shape index (κ2) is 6.42. The zero-order chi connectivity index (χ0) is 15.5. The Morgan fingerprint density at radius 2 is 2.24 bits per heavy atom. The van der Waals surface area contributed by atoms with Crippen LogP contribution in [0.3, 0.4) is 0 Å². The van der Waals surface area contributed by atoms with Gasteiger partial charge >= 0.3 is 0 Å². The van der Waals surface area contributed by atoms with Crippen molar-refractivity contribution in [3.63, 3.8) is 0 Å². The third-order valence-electron chi connectivity index (χ3n) is 2.59. The van der Waals surface area contributed by atoms with Crippen LogP contribution in [-0.4, -0.2) is 31.9 Å². The number of halogens is 2. The Hall–Kier alpha value is -1.64. The van der Waals surface area contributed by atoms with Crippen molar-refractivity contribution in [1.82, 2.24) is 9.78 Å². The highest BCUT2D eigenvalue weighted by atomic mass is 35.5. The number of sulfonamides is 1. The molecule has 2 rings (SSSR count). The lowest BCUT2D eigenvalue weighted by atomic mass is 10.3. The second-order valence-corrected chi connectivity index (χ2v) is 6.25. The zero-order valence-corrected chi connectivity index (χ0v) is 12.7. The van der Waals surface area contributed by atoms with Crippen molar-refractivity contribution in [1.29, 1.82) is 0 Å². The molecule has 6 nitrogen and oxygen atoms in total. The summed E-state index contributed by atoms with van der Waals surface area (Å²) in [6.07, 6.45) is 2.82. The molecule has 2 aromatic rings. The van der Waals surface area contributed by atoms with Crippen LogP contribution in [0.15, 0.2) is 35.5 Å². The molecule has 0 fully saturated rings. The van der Waals surface area contributed by atoms with Gasteiger partial charge in [0.05, 0.1) is 25.0 Å². The van der Waals surface area contributed by atoms with Gasteiger partial charge in [0.1, 0.15) is 10.7 Å². The third kappa shape index (κ3) is 3.93. The predicted octanol–water partition coefficient (Wildman–Crippen LogP) is 2.12. The highest BCUT2D eigenvalue weighted by Gasteiger charge is 2.20. The van der Waals surface area contributed by atoms with Gasteiger partial charge in [-0.2, -0.15) is 5.10 Å². The fourth-order valence-electron chi connectivity index (χ4n) is 1.63. The van der Waals surface area contributed by atoms with Gasteiger partial charge in [-0.25, -0.2) is 12.8 Å². The molecule has 9 heteroatoms. The molecule has 114 valence electrons. The number of ether oxygens (including phenoxy) is 1. The van der Waals surface area contributed by atoms with Gasteiger partial charge in [-0.05, 0) is 18.2 Å². The van der Waals surface area contributed by atoms with Gasteiger partial charge in [-0.3, -0.25) is 9.40 Å². The van der Waals surface area contributed by atoms with E-state index in [4.69, 9.17) is 16.3 Å². The molecule has 1 heterocycles. The third-order valence-corrected chi connectivity index (χ3v) is 4.24. The van der Waals surface area contributed by atoms with Gasteiger partial charge in [-0.15, -0.1) is 0 Å². The Morgan fingerprint density at radius 1 is 1.48 bits per heavy atom. The SMILES string of the molecule is COCCn1cc(NS(=O)(=O)c2ccc(Cl)cc2F)cn1. The monoisotopic (exact) mass is 333 g/mol. The summed E-state index contributed by atoms with van der Waals surface area (Å²) in [6, 6.07) is 3.36. The van der Waals surface area contributed by atoms with E-state index in [0.717, 1.165) is 12.1 Å². The maximum absolute atomic E-state index is 13.7. The Labute approximate surface area is 126 Å². The number of hydrogen-bond donors (Lipinski definition) is 1. The van der Waals surface area contributed by atoms with Crippen LogP contribution >= 0.6 is 11.6 Å². The average Bonchev–Trinajstić information content (AvgIpc) is 2.82. The molecule has 0 saturated carbocycles. The van der Waals surface area contributed by atoms with Gasteiger partial charge < -0.3 is 4.74 Å². The molecule has 0 aliphatic carbocycles. The van der Waals surface area contributed by atoms with Crippen LogP contribution in [0, 0.1) is 5.82 Å². The normalized spacial score (nSPS) is 11.6. The molecule has 0 spiro atoms. The summed E-state index contributed by atoms with van der Waals surface area (Å²) < 4.78 is 46.5. The molecule has 0 unspecified atom stereocenters. The molecule has 0 saturated heterocycles. The van der Waals surface area contributed by atoms with Gasteiger partial charge in [0, 0.05) is 18.3 Å². The van der Waals surface area contributed by atoms with E-state index in [-0.39, 0.29) is 10.7 Å². The molecule has 1 aromatic heterocycles. The first kappa shape index (κ1) is 15.7. The number of nitrogens with one attached hydrogen (secondary N) is 1. The number of methoxy groups -OCH3 is 1. The largest absolute Gasteiger partial charge is 0.383 e. The van der Waals surface area contributed by atoms with Crippen LogP contribution in [0.1, 0.15) is 0 Å². The van der Waals surface area contributed by atoms with Gasteiger partial charge in [-0.1, -0.05) is 11.6 Å². The lowest BCUT2D eigenvalue weighted by Gasteiger charge is -2.07. The van der Waals surface area contributed by atoms with Crippen molar-refractivity contribution in [2.75, 3.05) is 18.4 Å². The van der Waals surface area contributed by atoms with Gasteiger partial charge in [0.2, 0.25) is 0 Å². The summed E-state index contributed by atoms with van der Waals surface area (Å²) >= 11 is 5.60. The van der Waals surface area contributed by atoms with Crippen molar-refractivity contribution in [3.8, 4) is 0 Å². The van der Waals surface area contributed by atoms with Crippen LogP contribution in [0.5, 0.6) is 0 Å². The number of rotatable bonds is 6. The van der Waals surface area contributed by atoms with Crippen molar-refractivity contribution < 1.29 is 17.5 Å². The minimum Gasteiger partial charge on any atom is -0.383 e. The minimum atomic E-state index is -4.04. The first-order chi connectivity index (χ1) is 9.92. The fraction of sp³-hybridized carbons (Fsp3) is 0.250. The Balaban J connectivity index is 2.19. The lowest BCUT2D eigenvalue weighted by molar-refractivity contribution is 0.183. The minimum absolute atomic E-state index is 0.124. The smallest absolute Gasteiger partial charge is 0.264 e. The van der Waals surface area contributed by atoms with E-state index in [0.29, 0.717) is 13.2 Å². The number of hydrogen-bond acceptors (Lipinski definition) is 4. The molecule has 0 amide bonds. The first-order valence-electron chi connectivity index (χ1n) is 5.91. The fourth-order valence-corrected chi connectivity index (χ4v) is 2.87. The molecule has 0 radical (unpaired) electrons. The summed E-state index contributed by atoms with van der Waals surface area (Å²) in [5.74, 6) is -0.915. The lowest BCUT2D eigenvalue weighted by Crippen LogP contribution is -2.14. The van der Waals surface area contributed by atoms with E-state index in [1.54, 1.807) is 7.11 Å². The summed E-state index contributed by atoms with van der Waals surface area (Å²) in [4.78, 5) is -0.475. The quantitative estimate of drug-likeness (QED) is 0.878. The van der Waals surface area contributed by atoms with Crippen molar-refractivity contribution in [3.05, 3.63) is 41.4 Å². The highest BCUT2D eigenvalue weighted by Crippen LogP contribution is 2.21. The van der Waals surface area contributed by atoms with Crippen molar-refractivity contribution >= 4 is 27.3 Å². The second-order valence-electron chi connectivity index (χ2n) is 4.17. The van der Waals surface area contributed by atoms with Crippen LogP contribution in [0.2, 0.25) is 5.02 Å². The molecule has 0 aliphatic heterocycles. The maximum atomic E-state index is 13.7. The molecule has 0 atom stereocenters. The van der Waals surface area contributed by atoms with E-state index >= 15 is 0 Å². The Kier molecular flexibility index (Phi) is 4.81. The number of anilines is 1. The Morgan fingerprint density at radius 3 is 2.90 bits per heavy atom. The van der Waals surface area contributed by atoms with Crippen molar-refractivity contribution in [2.24, 2.45) is 0 Å². The van der Waals surface area contributed by atoms with Gasteiger partial charge in [0.15, 0.2) is 0 Å².